The number of nitrogens with zero attached hydrogens (tertiary/aromatic N) is 1. The average molecular weight is 197 g/mol. The van der Waals surface area contributed by atoms with E-state index in [1.807, 2.05) is 11.6 Å². The summed E-state index contributed by atoms with van der Waals surface area (Å²) >= 11 is 1.71. The van der Waals surface area contributed by atoms with Crippen LogP contribution in [0.15, 0.2) is 11.6 Å². The lowest BCUT2D eigenvalue weighted by molar-refractivity contribution is 0.535. The Morgan fingerprint density at radius 1 is 1.69 bits per heavy atom. The zero-order valence-corrected chi connectivity index (χ0v) is 8.44. The molecule has 0 aromatic carbocycles. The third kappa shape index (κ3) is 2.76. The molecule has 0 spiro atoms. The molecule has 0 saturated carbocycles. The van der Waals surface area contributed by atoms with Crippen molar-refractivity contribution >= 4 is 11.3 Å². The SMILES string of the molecule is c1csc(CNCC2CCCN2)n1. The van der Waals surface area contributed by atoms with Crippen LogP contribution >= 0.6 is 11.3 Å². The fourth-order valence-corrected chi connectivity index (χ4v) is 2.21. The first-order valence-corrected chi connectivity index (χ1v) is 5.65. The van der Waals surface area contributed by atoms with Crippen molar-refractivity contribution in [2.75, 3.05) is 13.1 Å². The molecule has 3 nitrogen and oxygen atoms in total. The van der Waals surface area contributed by atoms with Crippen LogP contribution in [0.2, 0.25) is 0 Å². The van der Waals surface area contributed by atoms with Crippen LogP contribution in [0.3, 0.4) is 0 Å². The highest BCUT2D eigenvalue weighted by molar-refractivity contribution is 7.09. The largest absolute Gasteiger partial charge is 0.313 e. The maximum absolute atomic E-state index is 4.22. The molecule has 0 bridgehead atoms. The van der Waals surface area contributed by atoms with Crippen molar-refractivity contribution < 1.29 is 0 Å². The van der Waals surface area contributed by atoms with Gasteiger partial charge in [-0.1, -0.05) is 0 Å². The number of hydrogen-bond donors (Lipinski definition) is 2. The fourth-order valence-electron chi connectivity index (χ4n) is 1.62. The fraction of sp³-hybridized carbons (Fsp3) is 0.667. The van der Waals surface area contributed by atoms with Crippen molar-refractivity contribution in [3.63, 3.8) is 0 Å². The van der Waals surface area contributed by atoms with E-state index >= 15 is 0 Å². The lowest BCUT2D eigenvalue weighted by Crippen LogP contribution is -2.33. The van der Waals surface area contributed by atoms with Gasteiger partial charge in [0.15, 0.2) is 0 Å². The molecule has 0 aliphatic carbocycles. The zero-order valence-electron chi connectivity index (χ0n) is 7.62. The van der Waals surface area contributed by atoms with Gasteiger partial charge in [-0.05, 0) is 19.4 Å². The molecule has 72 valence electrons. The van der Waals surface area contributed by atoms with Crippen LogP contribution in [0.25, 0.3) is 0 Å². The molecule has 1 fully saturated rings. The normalized spacial score (nSPS) is 22.3. The Morgan fingerprint density at radius 2 is 2.69 bits per heavy atom. The third-order valence-electron chi connectivity index (χ3n) is 2.31. The third-order valence-corrected chi connectivity index (χ3v) is 3.09. The van der Waals surface area contributed by atoms with Gasteiger partial charge in [-0.2, -0.15) is 0 Å². The van der Waals surface area contributed by atoms with Crippen molar-refractivity contribution in [1.29, 1.82) is 0 Å². The van der Waals surface area contributed by atoms with Gasteiger partial charge in [-0.25, -0.2) is 4.98 Å². The molecule has 2 rings (SSSR count). The first-order valence-electron chi connectivity index (χ1n) is 4.77. The van der Waals surface area contributed by atoms with Crippen LogP contribution in [-0.4, -0.2) is 24.1 Å². The number of hydrogen-bond acceptors (Lipinski definition) is 4. The van der Waals surface area contributed by atoms with Gasteiger partial charge in [-0.3, -0.25) is 0 Å². The average Bonchev–Trinajstić information content (AvgIpc) is 2.75. The second-order valence-electron chi connectivity index (χ2n) is 3.35. The highest BCUT2D eigenvalue weighted by Crippen LogP contribution is 2.05. The maximum atomic E-state index is 4.22. The first-order chi connectivity index (χ1) is 6.45. The van der Waals surface area contributed by atoms with Crippen LogP contribution in [0.5, 0.6) is 0 Å². The summed E-state index contributed by atoms with van der Waals surface area (Å²) in [4.78, 5) is 4.22. The Kier molecular flexibility index (Phi) is 3.29. The minimum absolute atomic E-state index is 0.681. The highest BCUT2D eigenvalue weighted by atomic mass is 32.1. The van der Waals surface area contributed by atoms with E-state index in [4.69, 9.17) is 0 Å². The second kappa shape index (κ2) is 4.69. The van der Waals surface area contributed by atoms with E-state index in [1.165, 1.54) is 24.4 Å². The van der Waals surface area contributed by atoms with Crippen molar-refractivity contribution in [1.82, 2.24) is 15.6 Å². The number of aromatic nitrogens is 1. The molecular formula is C9H15N3S. The van der Waals surface area contributed by atoms with Gasteiger partial charge in [0, 0.05) is 30.7 Å². The van der Waals surface area contributed by atoms with Gasteiger partial charge < -0.3 is 10.6 Å². The minimum Gasteiger partial charge on any atom is -0.313 e. The molecule has 1 atom stereocenters. The summed E-state index contributed by atoms with van der Waals surface area (Å²) in [7, 11) is 0. The molecule has 2 heterocycles. The molecule has 0 radical (unpaired) electrons. The van der Waals surface area contributed by atoms with Crippen molar-refractivity contribution in [2.45, 2.75) is 25.4 Å². The van der Waals surface area contributed by atoms with Gasteiger partial charge in [0.1, 0.15) is 5.01 Å². The van der Waals surface area contributed by atoms with Gasteiger partial charge >= 0.3 is 0 Å². The van der Waals surface area contributed by atoms with E-state index < -0.39 is 0 Å². The topological polar surface area (TPSA) is 37.0 Å². The number of nitrogens with one attached hydrogen (secondary N) is 2. The van der Waals surface area contributed by atoms with Crippen LogP contribution in [0.4, 0.5) is 0 Å². The molecular weight excluding hydrogens is 182 g/mol. The molecule has 4 heteroatoms. The molecule has 1 saturated heterocycles. The van der Waals surface area contributed by atoms with E-state index in [1.54, 1.807) is 11.3 Å². The summed E-state index contributed by atoms with van der Waals surface area (Å²) in [5.41, 5.74) is 0. The van der Waals surface area contributed by atoms with E-state index in [0.29, 0.717) is 6.04 Å². The Balaban J connectivity index is 1.63. The van der Waals surface area contributed by atoms with E-state index in [9.17, 15) is 0 Å². The Bertz CT molecular complexity index is 229. The summed E-state index contributed by atoms with van der Waals surface area (Å²) < 4.78 is 0. The molecule has 1 aliphatic rings. The van der Waals surface area contributed by atoms with Crippen molar-refractivity contribution in [3.8, 4) is 0 Å². The first kappa shape index (κ1) is 9.12. The standard InChI is InChI=1S/C9H15N3S/c1-2-8(11-3-1)6-10-7-9-12-4-5-13-9/h4-5,8,10-11H,1-3,6-7H2. The number of thiazole rings is 1. The van der Waals surface area contributed by atoms with Crippen LogP contribution in [0.1, 0.15) is 17.8 Å². The molecule has 0 amide bonds. The molecule has 1 aliphatic heterocycles. The van der Waals surface area contributed by atoms with Crippen LogP contribution < -0.4 is 10.6 Å². The maximum Gasteiger partial charge on any atom is 0.106 e. The summed E-state index contributed by atoms with van der Waals surface area (Å²) in [6.07, 6.45) is 4.49. The Labute approximate surface area is 82.6 Å². The summed E-state index contributed by atoms with van der Waals surface area (Å²) in [5.74, 6) is 0. The predicted molar refractivity (Wildman–Crippen MR) is 54.8 cm³/mol. The van der Waals surface area contributed by atoms with Crippen LogP contribution in [-0.2, 0) is 6.54 Å². The van der Waals surface area contributed by atoms with Crippen molar-refractivity contribution in [3.05, 3.63) is 16.6 Å². The van der Waals surface area contributed by atoms with E-state index in [0.717, 1.165) is 13.1 Å². The monoisotopic (exact) mass is 197 g/mol. The van der Waals surface area contributed by atoms with Crippen LogP contribution in [0, 0.1) is 0 Å². The quantitative estimate of drug-likeness (QED) is 0.755. The molecule has 2 N–H and O–H groups in total. The lowest BCUT2D eigenvalue weighted by Gasteiger charge is -2.09. The minimum atomic E-state index is 0.681. The molecule has 1 aromatic heterocycles. The van der Waals surface area contributed by atoms with Gasteiger partial charge in [-0.15, -0.1) is 11.3 Å². The van der Waals surface area contributed by atoms with Gasteiger partial charge in [0.2, 0.25) is 0 Å². The van der Waals surface area contributed by atoms with E-state index in [2.05, 4.69) is 15.6 Å². The highest BCUT2D eigenvalue weighted by Gasteiger charge is 2.12. The van der Waals surface area contributed by atoms with Crippen molar-refractivity contribution in [2.24, 2.45) is 0 Å². The molecule has 1 aromatic rings. The Hall–Kier alpha value is -0.450. The summed E-state index contributed by atoms with van der Waals surface area (Å²) in [5, 5.41) is 10.1. The summed E-state index contributed by atoms with van der Waals surface area (Å²) in [6.45, 7) is 3.17. The lowest BCUT2D eigenvalue weighted by atomic mass is 10.2. The second-order valence-corrected chi connectivity index (χ2v) is 4.33. The van der Waals surface area contributed by atoms with Gasteiger partial charge in [0.05, 0.1) is 0 Å². The molecule has 1 unspecified atom stereocenters. The predicted octanol–water partition coefficient (Wildman–Crippen LogP) is 0.985. The van der Waals surface area contributed by atoms with E-state index in [-0.39, 0.29) is 0 Å². The molecule has 13 heavy (non-hydrogen) atoms. The zero-order chi connectivity index (χ0) is 8.93. The number of rotatable bonds is 4. The van der Waals surface area contributed by atoms with Gasteiger partial charge in [0.25, 0.3) is 0 Å². The smallest absolute Gasteiger partial charge is 0.106 e. The summed E-state index contributed by atoms with van der Waals surface area (Å²) in [6, 6.07) is 0.681. The Morgan fingerprint density at radius 3 is 3.38 bits per heavy atom.